The number of halogens is 1. The molecule has 1 aromatic heterocycles. The van der Waals surface area contributed by atoms with Gasteiger partial charge in [0.2, 0.25) is 5.91 Å². The molecule has 1 aliphatic rings. The SMILES string of the molecule is CN(CCNc1ncc(C(N)=O)cc1Cl)C1CCCC1. The number of carbonyl (C=O) groups excluding carboxylic acids is 1. The zero-order valence-corrected chi connectivity index (χ0v) is 12.5. The summed E-state index contributed by atoms with van der Waals surface area (Å²) in [6, 6.07) is 2.25. The normalized spacial score (nSPS) is 15.8. The van der Waals surface area contributed by atoms with Crippen molar-refractivity contribution in [2.24, 2.45) is 5.73 Å². The van der Waals surface area contributed by atoms with E-state index in [0.717, 1.165) is 13.1 Å². The van der Waals surface area contributed by atoms with E-state index < -0.39 is 5.91 Å². The van der Waals surface area contributed by atoms with Crippen molar-refractivity contribution in [3.05, 3.63) is 22.8 Å². The quantitative estimate of drug-likeness (QED) is 0.843. The van der Waals surface area contributed by atoms with Crippen molar-refractivity contribution in [2.45, 2.75) is 31.7 Å². The Morgan fingerprint density at radius 2 is 2.25 bits per heavy atom. The summed E-state index contributed by atoms with van der Waals surface area (Å²) in [6.07, 6.45) is 6.71. The van der Waals surface area contributed by atoms with Gasteiger partial charge in [-0.2, -0.15) is 0 Å². The van der Waals surface area contributed by atoms with Crippen LogP contribution in [0.5, 0.6) is 0 Å². The Balaban J connectivity index is 1.83. The van der Waals surface area contributed by atoms with E-state index in [1.807, 2.05) is 0 Å². The van der Waals surface area contributed by atoms with E-state index in [1.54, 1.807) is 6.07 Å². The van der Waals surface area contributed by atoms with Gasteiger partial charge in [0.25, 0.3) is 0 Å². The predicted octanol–water partition coefficient (Wildman–Crippen LogP) is 2.12. The zero-order chi connectivity index (χ0) is 14.5. The molecule has 20 heavy (non-hydrogen) atoms. The molecular weight excluding hydrogens is 276 g/mol. The van der Waals surface area contributed by atoms with Crippen LogP contribution in [-0.4, -0.2) is 42.0 Å². The Morgan fingerprint density at radius 3 is 2.85 bits per heavy atom. The van der Waals surface area contributed by atoms with Gasteiger partial charge >= 0.3 is 0 Å². The minimum Gasteiger partial charge on any atom is -0.368 e. The molecule has 0 saturated heterocycles. The van der Waals surface area contributed by atoms with Crippen molar-refractivity contribution < 1.29 is 4.79 Å². The lowest BCUT2D eigenvalue weighted by Crippen LogP contribution is -2.33. The molecule has 1 aliphatic carbocycles. The van der Waals surface area contributed by atoms with Gasteiger partial charge < -0.3 is 16.0 Å². The molecule has 3 N–H and O–H groups in total. The van der Waals surface area contributed by atoms with Crippen LogP contribution in [-0.2, 0) is 0 Å². The summed E-state index contributed by atoms with van der Waals surface area (Å²) in [5.41, 5.74) is 5.50. The Labute approximate surface area is 124 Å². The average Bonchev–Trinajstić information content (AvgIpc) is 2.94. The van der Waals surface area contributed by atoms with Crippen LogP contribution in [0.1, 0.15) is 36.0 Å². The number of nitrogens with two attached hydrogens (primary N) is 1. The predicted molar refractivity (Wildman–Crippen MR) is 81.1 cm³/mol. The molecule has 1 amide bonds. The minimum absolute atomic E-state index is 0.323. The van der Waals surface area contributed by atoms with Crippen LogP contribution in [0.4, 0.5) is 5.82 Å². The highest BCUT2D eigenvalue weighted by Crippen LogP contribution is 2.22. The van der Waals surface area contributed by atoms with Crippen LogP contribution < -0.4 is 11.1 Å². The third-order valence-corrected chi connectivity index (χ3v) is 4.12. The first-order valence-corrected chi connectivity index (χ1v) is 7.35. The molecule has 6 heteroatoms. The summed E-state index contributed by atoms with van der Waals surface area (Å²) in [4.78, 5) is 17.5. The lowest BCUT2D eigenvalue weighted by molar-refractivity contribution is 0.1000. The van der Waals surface area contributed by atoms with Crippen molar-refractivity contribution >= 4 is 23.3 Å². The highest BCUT2D eigenvalue weighted by Gasteiger charge is 2.18. The van der Waals surface area contributed by atoms with Crippen molar-refractivity contribution in [3.63, 3.8) is 0 Å². The number of hydrogen-bond donors (Lipinski definition) is 2. The second-order valence-corrected chi connectivity index (χ2v) is 5.67. The van der Waals surface area contributed by atoms with Gasteiger partial charge in [0, 0.05) is 25.3 Å². The first kappa shape index (κ1) is 15.1. The second kappa shape index (κ2) is 6.90. The highest BCUT2D eigenvalue weighted by atomic mass is 35.5. The maximum absolute atomic E-state index is 11.0. The maximum Gasteiger partial charge on any atom is 0.250 e. The fraction of sp³-hybridized carbons (Fsp3) is 0.571. The number of likely N-dealkylation sites (N-methyl/N-ethyl adjacent to an activating group) is 1. The number of primary amides is 1. The Bertz CT molecular complexity index is 474. The van der Waals surface area contributed by atoms with Gasteiger partial charge in [-0.3, -0.25) is 4.79 Å². The van der Waals surface area contributed by atoms with E-state index in [0.29, 0.717) is 22.4 Å². The molecule has 0 aromatic carbocycles. The van der Waals surface area contributed by atoms with E-state index in [1.165, 1.54) is 31.9 Å². The largest absolute Gasteiger partial charge is 0.368 e. The summed E-state index contributed by atoms with van der Waals surface area (Å²) < 4.78 is 0. The lowest BCUT2D eigenvalue weighted by Gasteiger charge is -2.24. The van der Waals surface area contributed by atoms with Crippen LogP contribution in [0.25, 0.3) is 0 Å². The summed E-state index contributed by atoms with van der Waals surface area (Å²) in [6.45, 7) is 1.72. The zero-order valence-electron chi connectivity index (χ0n) is 11.7. The molecule has 0 bridgehead atoms. The molecule has 0 atom stereocenters. The van der Waals surface area contributed by atoms with Crippen LogP contribution in [0.3, 0.4) is 0 Å². The topological polar surface area (TPSA) is 71.2 Å². The fourth-order valence-electron chi connectivity index (χ4n) is 2.58. The van der Waals surface area contributed by atoms with Gasteiger partial charge in [0.05, 0.1) is 10.6 Å². The number of carbonyl (C=O) groups is 1. The lowest BCUT2D eigenvalue weighted by atomic mass is 10.2. The van der Waals surface area contributed by atoms with Gasteiger partial charge in [-0.25, -0.2) is 4.98 Å². The van der Waals surface area contributed by atoms with E-state index in [2.05, 4.69) is 22.2 Å². The van der Waals surface area contributed by atoms with E-state index in [-0.39, 0.29) is 0 Å². The molecule has 1 heterocycles. The highest BCUT2D eigenvalue weighted by molar-refractivity contribution is 6.33. The summed E-state index contributed by atoms with van der Waals surface area (Å²) in [5, 5.41) is 3.62. The molecule has 110 valence electrons. The van der Waals surface area contributed by atoms with E-state index in [9.17, 15) is 4.79 Å². The number of anilines is 1. The summed E-state index contributed by atoms with van der Waals surface area (Å²) >= 11 is 6.07. The third kappa shape index (κ3) is 3.84. The van der Waals surface area contributed by atoms with E-state index >= 15 is 0 Å². The van der Waals surface area contributed by atoms with Crippen LogP contribution >= 0.6 is 11.6 Å². The minimum atomic E-state index is -0.521. The summed E-state index contributed by atoms with van der Waals surface area (Å²) in [7, 11) is 2.16. The molecule has 5 nitrogen and oxygen atoms in total. The number of nitrogens with zero attached hydrogens (tertiary/aromatic N) is 2. The molecule has 2 rings (SSSR count). The number of pyridine rings is 1. The molecule has 1 fully saturated rings. The van der Waals surface area contributed by atoms with Crippen molar-refractivity contribution in [1.82, 2.24) is 9.88 Å². The number of nitrogens with one attached hydrogen (secondary N) is 1. The Morgan fingerprint density at radius 1 is 1.55 bits per heavy atom. The number of amides is 1. The Hall–Kier alpha value is -1.33. The molecule has 1 saturated carbocycles. The number of aromatic nitrogens is 1. The smallest absolute Gasteiger partial charge is 0.250 e. The van der Waals surface area contributed by atoms with Gasteiger partial charge in [0.1, 0.15) is 5.82 Å². The fourth-order valence-corrected chi connectivity index (χ4v) is 2.81. The van der Waals surface area contributed by atoms with Gasteiger partial charge in [-0.1, -0.05) is 24.4 Å². The first-order valence-electron chi connectivity index (χ1n) is 6.97. The van der Waals surface area contributed by atoms with Crippen LogP contribution in [0, 0.1) is 0 Å². The molecule has 0 radical (unpaired) electrons. The van der Waals surface area contributed by atoms with Gasteiger partial charge in [-0.15, -0.1) is 0 Å². The van der Waals surface area contributed by atoms with Crippen molar-refractivity contribution in [1.29, 1.82) is 0 Å². The number of hydrogen-bond acceptors (Lipinski definition) is 4. The third-order valence-electron chi connectivity index (χ3n) is 3.83. The molecule has 0 spiro atoms. The molecule has 0 unspecified atom stereocenters. The molecule has 0 aliphatic heterocycles. The van der Waals surface area contributed by atoms with Crippen LogP contribution in [0.15, 0.2) is 12.3 Å². The molecular formula is C14H21ClN4O. The standard InChI is InChI=1S/C14H21ClN4O/c1-19(11-4-2-3-5-11)7-6-17-14-12(15)8-10(9-18-14)13(16)20/h8-9,11H,2-7H2,1H3,(H2,16,20)(H,17,18). The maximum atomic E-state index is 11.0. The van der Waals surface area contributed by atoms with Crippen molar-refractivity contribution in [2.75, 3.05) is 25.5 Å². The van der Waals surface area contributed by atoms with E-state index in [4.69, 9.17) is 17.3 Å². The van der Waals surface area contributed by atoms with Gasteiger partial charge in [0.15, 0.2) is 0 Å². The monoisotopic (exact) mass is 296 g/mol. The van der Waals surface area contributed by atoms with Crippen LogP contribution in [0.2, 0.25) is 5.02 Å². The second-order valence-electron chi connectivity index (χ2n) is 5.26. The molecule has 1 aromatic rings. The first-order chi connectivity index (χ1) is 9.58. The van der Waals surface area contributed by atoms with Crippen molar-refractivity contribution in [3.8, 4) is 0 Å². The number of rotatable bonds is 6. The van der Waals surface area contributed by atoms with Gasteiger partial charge in [-0.05, 0) is 26.0 Å². The Kier molecular flexibility index (Phi) is 5.20. The summed E-state index contributed by atoms with van der Waals surface area (Å²) in [5.74, 6) is 0.0726. The average molecular weight is 297 g/mol.